The van der Waals surface area contributed by atoms with Gasteiger partial charge in [0.15, 0.2) is 11.0 Å². The summed E-state index contributed by atoms with van der Waals surface area (Å²) >= 11 is 15.6. The maximum atomic E-state index is 6.29. The summed E-state index contributed by atoms with van der Waals surface area (Å²) in [5.74, 6) is 1.99. The van der Waals surface area contributed by atoms with Crippen LogP contribution in [0.4, 0.5) is 0 Å². The van der Waals surface area contributed by atoms with Crippen LogP contribution in [-0.4, -0.2) is 19.7 Å². The highest BCUT2D eigenvalue weighted by atomic mass is 35.5. The zero-order valence-corrected chi connectivity index (χ0v) is 19.5. The number of nitrogens with zero attached hydrogens (tertiary/aromatic N) is 4. The predicted molar refractivity (Wildman–Crippen MR) is 128 cm³/mol. The first kappa shape index (κ1) is 21.9. The molecule has 0 unspecified atom stereocenters. The fraction of sp³-hybridized carbons (Fsp3) is 0.136. The van der Waals surface area contributed by atoms with E-state index < -0.39 is 0 Å². The molecule has 4 rings (SSSR count). The molecule has 0 amide bonds. The molecule has 4 aromatic rings. The maximum Gasteiger partial charge on any atom is 0.191 e. The zero-order valence-electron chi connectivity index (χ0n) is 16.4. The van der Waals surface area contributed by atoms with Gasteiger partial charge in [-0.05, 0) is 18.2 Å². The van der Waals surface area contributed by atoms with E-state index in [2.05, 4.69) is 16.8 Å². The van der Waals surface area contributed by atoms with Crippen LogP contribution in [-0.2, 0) is 18.9 Å². The molecule has 0 saturated heterocycles. The van der Waals surface area contributed by atoms with E-state index >= 15 is 0 Å². The van der Waals surface area contributed by atoms with Gasteiger partial charge < -0.3 is 4.74 Å². The van der Waals surface area contributed by atoms with Crippen LogP contribution < -0.4 is 4.74 Å². The highest BCUT2D eigenvalue weighted by Gasteiger charge is 2.15. The van der Waals surface area contributed by atoms with Gasteiger partial charge in [0.2, 0.25) is 0 Å². The number of para-hydroxylation sites is 1. The van der Waals surface area contributed by atoms with Crippen molar-refractivity contribution in [1.82, 2.24) is 19.7 Å². The van der Waals surface area contributed by atoms with Crippen LogP contribution in [0, 0.1) is 0 Å². The molecule has 0 fully saturated rings. The van der Waals surface area contributed by atoms with Gasteiger partial charge >= 0.3 is 0 Å². The van der Waals surface area contributed by atoms with Gasteiger partial charge in [0, 0.05) is 23.2 Å². The molecule has 2 aromatic heterocycles. The molecule has 31 heavy (non-hydrogen) atoms. The van der Waals surface area contributed by atoms with Gasteiger partial charge in [0.1, 0.15) is 17.4 Å². The lowest BCUT2D eigenvalue weighted by Crippen LogP contribution is -2.07. The number of benzene rings is 2. The molecule has 0 aliphatic carbocycles. The van der Waals surface area contributed by atoms with Gasteiger partial charge in [-0.25, -0.2) is 4.98 Å². The Kier molecular flexibility index (Phi) is 7.29. The summed E-state index contributed by atoms with van der Waals surface area (Å²) < 4.78 is 7.81. The van der Waals surface area contributed by atoms with Crippen molar-refractivity contribution in [1.29, 1.82) is 0 Å². The molecule has 0 aliphatic rings. The summed E-state index contributed by atoms with van der Waals surface area (Å²) in [4.78, 5) is 4.72. The summed E-state index contributed by atoms with van der Waals surface area (Å²) in [6.45, 7) is 4.69. The van der Waals surface area contributed by atoms with Crippen molar-refractivity contribution in [3.05, 3.63) is 88.1 Å². The van der Waals surface area contributed by atoms with Gasteiger partial charge in [-0.1, -0.05) is 71.4 Å². The molecule has 0 spiro atoms. The lowest BCUT2D eigenvalue weighted by atomic mass is 10.2. The summed E-state index contributed by atoms with van der Waals surface area (Å²) in [5.41, 5.74) is 1.91. The Labute approximate surface area is 198 Å². The summed E-state index contributed by atoms with van der Waals surface area (Å²) in [6, 6.07) is 15.1. The average molecular weight is 489 g/mol. The van der Waals surface area contributed by atoms with Crippen molar-refractivity contribution < 1.29 is 4.74 Å². The van der Waals surface area contributed by atoms with Crippen LogP contribution in [0.5, 0.6) is 5.75 Å². The number of hydrogen-bond acceptors (Lipinski definition) is 6. The van der Waals surface area contributed by atoms with Gasteiger partial charge in [0.05, 0.1) is 15.7 Å². The maximum absolute atomic E-state index is 6.29. The Morgan fingerprint density at radius 1 is 1.06 bits per heavy atom. The van der Waals surface area contributed by atoms with Crippen LogP contribution in [0.25, 0.3) is 10.6 Å². The molecule has 2 heterocycles. The number of aromatic nitrogens is 4. The molecule has 0 radical (unpaired) electrons. The van der Waals surface area contributed by atoms with E-state index in [9.17, 15) is 0 Å². The topological polar surface area (TPSA) is 52.8 Å². The van der Waals surface area contributed by atoms with Crippen LogP contribution >= 0.6 is 46.3 Å². The van der Waals surface area contributed by atoms with Crippen LogP contribution in [0.3, 0.4) is 0 Å². The number of ether oxygens (including phenoxy) is 1. The number of hydrogen-bond donors (Lipinski definition) is 0. The number of allylic oxidation sites excluding steroid dienone is 1. The molecule has 0 N–H and O–H groups in total. The average Bonchev–Trinajstić information content (AvgIpc) is 3.39. The van der Waals surface area contributed by atoms with Gasteiger partial charge in [-0.3, -0.25) is 4.57 Å². The van der Waals surface area contributed by atoms with Gasteiger partial charge in [0.25, 0.3) is 0 Å². The van der Waals surface area contributed by atoms with Gasteiger partial charge in [-0.15, -0.1) is 28.1 Å². The van der Waals surface area contributed by atoms with Crippen molar-refractivity contribution in [3.8, 4) is 16.3 Å². The minimum atomic E-state index is 0.262. The van der Waals surface area contributed by atoms with Crippen LogP contribution in [0.15, 0.2) is 71.7 Å². The summed E-state index contributed by atoms with van der Waals surface area (Å²) in [5, 5.41) is 13.6. The monoisotopic (exact) mass is 488 g/mol. The minimum absolute atomic E-state index is 0.262. The molecule has 9 heteroatoms. The molecule has 0 atom stereocenters. The molecule has 158 valence electrons. The minimum Gasteiger partial charge on any atom is -0.484 e. The predicted octanol–water partition coefficient (Wildman–Crippen LogP) is 6.77. The van der Waals surface area contributed by atoms with E-state index in [0.29, 0.717) is 33.9 Å². The zero-order chi connectivity index (χ0) is 21.6. The smallest absolute Gasteiger partial charge is 0.191 e. The molecular formula is C22H18Cl2N4OS2. The van der Waals surface area contributed by atoms with Crippen molar-refractivity contribution in [2.45, 2.75) is 24.1 Å². The van der Waals surface area contributed by atoms with Crippen LogP contribution in [0.2, 0.25) is 10.0 Å². The number of thioether (sulfide) groups is 1. The summed E-state index contributed by atoms with van der Waals surface area (Å²) in [6.07, 6.45) is 1.81. The van der Waals surface area contributed by atoms with Crippen molar-refractivity contribution in [3.63, 3.8) is 0 Å². The highest BCUT2D eigenvalue weighted by molar-refractivity contribution is 7.98. The first-order valence-electron chi connectivity index (χ1n) is 9.38. The SMILES string of the molecule is C=CCn1c(COc2ccccc2Cl)nnc1SCc1csc(-c2ccccc2Cl)n1. The van der Waals surface area contributed by atoms with Crippen molar-refractivity contribution in [2.24, 2.45) is 0 Å². The number of thiazole rings is 1. The van der Waals surface area contributed by atoms with Gasteiger partial charge in [-0.2, -0.15) is 0 Å². The van der Waals surface area contributed by atoms with E-state index in [1.165, 1.54) is 0 Å². The largest absolute Gasteiger partial charge is 0.484 e. The fourth-order valence-electron chi connectivity index (χ4n) is 2.82. The third-order valence-electron chi connectivity index (χ3n) is 4.30. The first-order chi connectivity index (χ1) is 15.2. The second-order valence-corrected chi connectivity index (χ2v) is 9.04. The fourth-order valence-corrected chi connectivity index (χ4v) is 5.11. The van der Waals surface area contributed by atoms with E-state index in [1.54, 1.807) is 29.2 Å². The van der Waals surface area contributed by atoms with E-state index in [-0.39, 0.29) is 6.61 Å². The second-order valence-electron chi connectivity index (χ2n) is 6.43. The Morgan fingerprint density at radius 3 is 2.61 bits per heavy atom. The van der Waals surface area contributed by atoms with E-state index in [0.717, 1.165) is 21.4 Å². The van der Waals surface area contributed by atoms with Crippen LogP contribution in [0.1, 0.15) is 11.5 Å². The number of rotatable bonds is 9. The van der Waals surface area contributed by atoms with E-state index in [4.69, 9.17) is 32.9 Å². The van der Waals surface area contributed by atoms with Crippen molar-refractivity contribution in [2.75, 3.05) is 0 Å². The lowest BCUT2D eigenvalue weighted by molar-refractivity contribution is 0.289. The first-order valence-corrected chi connectivity index (χ1v) is 12.0. The highest BCUT2D eigenvalue weighted by Crippen LogP contribution is 2.32. The third-order valence-corrected chi connectivity index (χ3v) is 6.87. The normalized spacial score (nSPS) is 10.9. The summed E-state index contributed by atoms with van der Waals surface area (Å²) in [7, 11) is 0. The third kappa shape index (κ3) is 5.30. The quantitative estimate of drug-likeness (QED) is 0.192. The standard InChI is InChI=1S/C22H18Cl2N4OS2/c1-2-11-28-20(12-29-19-10-6-5-9-18(19)24)26-27-22(28)31-14-15-13-30-21(25-15)16-7-3-4-8-17(16)23/h2-10,13H,1,11-12,14H2. The molecular weight excluding hydrogens is 471 g/mol. The Bertz CT molecular complexity index is 1190. The Balaban J connectivity index is 1.45. The molecule has 0 saturated carbocycles. The lowest BCUT2D eigenvalue weighted by Gasteiger charge is -2.09. The second kappa shape index (κ2) is 10.3. The van der Waals surface area contributed by atoms with E-state index in [1.807, 2.05) is 58.5 Å². The Hall–Kier alpha value is -2.32. The molecule has 5 nitrogen and oxygen atoms in total. The Morgan fingerprint density at radius 2 is 1.84 bits per heavy atom. The van der Waals surface area contributed by atoms with Crippen molar-refractivity contribution >= 4 is 46.3 Å². The molecule has 0 bridgehead atoms. The molecule has 2 aromatic carbocycles. The molecule has 0 aliphatic heterocycles. The number of halogens is 2.